The number of hydrogen-bond donors (Lipinski definition) is 1. The van der Waals surface area contributed by atoms with Gasteiger partial charge in [0.2, 0.25) is 0 Å². The fraction of sp³-hybridized carbons (Fsp3) is 0.500. The molecule has 6 heteroatoms. The van der Waals surface area contributed by atoms with E-state index in [1.165, 1.54) is 12.1 Å². The largest absolute Gasteiger partial charge is 0.389 e. The van der Waals surface area contributed by atoms with Gasteiger partial charge in [-0.1, -0.05) is 0 Å². The van der Waals surface area contributed by atoms with Gasteiger partial charge in [-0.3, -0.25) is 10.1 Å². The van der Waals surface area contributed by atoms with Crippen LogP contribution in [0, 0.1) is 10.1 Å². The van der Waals surface area contributed by atoms with Gasteiger partial charge in [0.15, 0.2) is 0 Å². The molecule has 0 aromatic heterocycles. The predicted molar refractivity (Wildman–Crippen MR) is 75.0 cm³/mol. The second kappa shape index (κ2) is 5.67. The predicted octanol–water partition coefficient (Wildman–Crippen LogP) is 2.95. The topological polar surface area (TPSA) is 66.6 Å². The number of rotatable bonds is 5. The Morgan fingerprint density at radius 3 is 2.50 bits per heavy atom. The Morgan fingerprint density at radius 2 is 2.11 bits per heavy atom. The Labute approximate surface area is 115 Å². The van der Waals surface area contributed by atoms with Crippen LogP contribution >= 0.6 is 15.9 Å². The number of benzene rings is 1. The van der Waals surface area contributed by atoms with Crippen LogP contribution in [0.15, 0.2) is 22.7 Å². The van der Waals surface area contributed by atoms with E-state index in [1.807, 2.05) is 11.8 Å². The number of aliphatic hydroxyl groups is 1. The average Bonchev–Trinajstić information content (AvgIpc) is 2.24. The van der Waals surface area contributed by atoms with Crippen LogP contribution in [0.25, 0.3) is 0 Å². The van der Waals surface area contributed by atoms with Crippen molar-refractivity contribution in [2.75, 3.05) is 18.0 Å². The van der Waals surface area contributed by atoms with Crippen LogP contribution in [0.1, 0.15) is 20.8 Å². The van der Waals surface area contributed by atoms with Crippen LogP contribution in [0.4, 0.5) is 11.4 Å². The zero-order valence-electron chi connectivity index (χ0n) is 10.7. The number of hydrogen-bond acceptors (Lipinski definition) is 4. The molecule has 0 unspecified atom stereocenters. The van der Waals surface area contributed by atoms with Crippen molar-refractivity contribution < 1.29 is 10.0 Å². The van der Waals surface area contributed by atoms with E-state index in [2.05, 4.69) is 15.9 Å². The van der Waals surface area contributed by atoms with Gasteiger partial charge < -0.3 is 10.0 Å². The summed E-state index contributed by atoms with van der Waals surface area (Å²) >= 11 is 3.34. The van der Waals surface area contributed by atoms with E-state index in [9.17, 15) is 15.2 Å². The first kappa shape index (κ1) is 14.9. The molecule has 0 saturated heterocycles. The maximum Gasteiger partial charge on any atom is 0.270 e. The van der Waals surface area contributed by atoms with Gasteiger partial charge in [0, 0.05) is 29.7 Å². The standard InChI is InChI=1S/C12H17BrN2O3/c1-4-14(8-12(2,3)16)11-6-5-9(15(17)18)7-10(11)13/h5-7,16H,4,8H2,1-3H3. The van der Waals surface area contributed by atoms with Gasteiger partial charge in [-0.05, 0) is 42.8 Å². The molecule has 18 heavy (non-hydrogen) atoms. The van der Waals surface area contributed by atoms with Gasteiger partial charge >= 0.3 is 0 Å². The van der Waals surface area contributed by atoms with E-state index in [0.717, 1.165) is 5.69 Å². The Morgan fingerprint density at radius 1 is 1.50 bits per heavy atom. The van der Waals surface area contributed by atoms with E-state index in [-0.39, 0.29) is 5.69 Å². The second-order valence-electron chi connectivity index (χ2n) is 4.72. The molecule has 1 N–H and O–H groups in total. The minimum atomic E-state index is -0.822. The van der Waals surface area contributed by atoms with Crippen LogP contribution in [0.5, 0.6) is 0 Å². The number of non-ortho nitro benzene ring substituents is 1. The summed E-state index contributed by atoms with van der Waals surface area (Å²) in [5.41, 5.74) is 0.0622. The Kier molecular flexibility index (Phi) is 4.70. The van der Waals surface area contributed by atoms with Crippen LogP contribution in [-0.4, -0.2) is 28.7 Å². The van der Waals surface area contributed by atoms with Crippen LogP contribution < -0.4 is 4.90 Å². The van der Waals surface area contributed by atoms with Crippen molar-refractivity contribution >= 4 is 27.3 Å². The van der Waals surface area contributed by atoms with Gasteiger partial charge in [0.25, 0.3) is 5.69 Å². The van der Waals surface area contributed by atoms with E-state index >= 15 is 0 Å². The molecular weight excluding hydrogens is 300 g/mol. The number of nitrogens with zero attached hydrogens (tertiary/aromatic N) is 2. The SMILES string of the molecule is CCN(CC(C)(C)O)c1ccc([N+](=O)[O-])cc1Br. The first-order valence-corrected chi connectivity index (χ1v) is 6.45. The zero-order valence-corrected chi connectivity index (χ0v) is 12.3. The van der Waals surface area contributed by atoms with Crippen molar-refractivity contribution in [3.8, 4) is 0 Å². The summed E-state index contributed by atoms with van der Waals surface area (Å²) in [5, 5.41) is 20.5. The van der Waals surface area contributed by atoms with Gasteiger partial charge in [0.1, 0.15) is 0 Å². The first-order valence-electron chi connectivity index (χ1n) is 5.66. The molecule has 1 rings (SSSR count). The van der Waals surface area contributed by atoms with E-state index in [1.54, 1.807) is 19.9 Å². The quantitative estimate of drug-likeness (QED) is 0.670. The zero-order chi connectivity index (χ0) is 13.9. The van der Waals surface area contributed by atoms with Gasteiger partial charge in [-0.15, -0.1) is 0 Å². The molecule has 0 aliphatic rings. The molecule has 0 bridgehead atoms. The molecule has 5 nitrogen and oxygen atoms in total. The average molecular weight is 317 g/mol. The highest BCUT2D eigenvalue weighted by molar-refractivity contribution is 9.10. The molecule has 0 saturated carbocycles. The maximum absolute atomic E-state index is 10.7. The number of anilines is 1. The van der Waals surface area contributed by atoms with Crippen molar-refractivity contribution in [1.82, 2.24) is 0 Å². The maximum atomic E-state index is 10.7. The van der Waals surface area contributed by atoms with Crippen molar-refractivity contribution in [3.05, 3.63) is 32.8 Å². The number of likely N-dealkylation sites (N-methyl/N-ethyl adjacent to an activating group) is 1. The second-order valence-corrected chi connectivity index (χ2v) is 5.57. The summed E-state index contributed by atoms with van der Waals surface area (Å²) in [5.74, 6) is 0. The highest BCUT2D eigenvalue weighted by Crippen LogP contribution is 2.30. The minimum Gasteiger partial charge on any atom is -0.389 e. The summed E-state index contributed by atoms with van der Waals surface area (Å²) in [7, 11) is 0. The lowest BCUT2D eigenvalue weighted by Crippen LogP contribution is -2.38. The molecule has 0 aliphatic carbocycles. The van der Waals surface area contributed by atoms with Crippen molar-refractivity contribution in [2.45, 2.75) is 26.4 Å². The molecule has 0 fully saturated rings. The normalized spacial score (nSPS) is 11.4. The Hall–Kier alpha value is -1.14. The number of nitro groups is 1. The van der Waals surface area contributed by atoms with E-state index in [0.29, 0.717) is 17.6 Å². The highest BCUT2D eigenvalue weighted by Gasteiger charge is 2.20. The first-order chi connectivity index (χ1) is 8.24. The number of nitro benzene ring substituents is 1. The molecule has 0 aliphatic heterocycles. The third-order valence-electron chi connectivity index (χ3n) is 2.44. The fourth-order valence-electron chi connectivity index (χ4n) is 1.70. The van der Waals surface area contributed by atoms with Crippen molar-refractivity contribution in [2.24, 2.45) is 0 Å². The summed E-state index contributed by atoms with van der Waals surface area (Å²) in [6.07, 6.45) is 0. The molecule has 0 spiro atoms. The molecular formula is C12H17BrN2O3. The summed E-state index contributed by atoms with van der Waals surface area (Å²) < 4.78 is 0.655. The monoisotopic (exact) mass is 316 g/mol. The smallest absolute Gasteiger partial charge is 0.270 e. The van der Waals surface area contributed by atoms with Gasteiger partial charge in [0.05, 0.1) is 16.2 Å². The van der Waals surface area contributed by atoms with Crippen LogP contribution in [0.3, 0.4) is 0 Å². The lowest BCUT2D eigenvalue weighted by molar-refractivity contribution is -0.384. The Balaban J connectivity index is 3.04. The van der Waals surface area contributed by atoms with E-state index < -0.39 is 10.5 Å². The summed E-state index contributed by atoms with van der Waals surface area (Å²) in [4.78, 5) is 12.2. The molecule has 100 valence electrons. The van der Waals surface area contributed by atoms with E-state index in [4.69, 9.17) is 0 Å². The van der Waals surface area contributed by atoms with Gasteiger partial charge in [-0.25, -0.2) is 0 Å². The minimum absolute atomic E-state index is 0.0462. The molecule has 1 aromatic rings. The fourth-order valence-corrected chi connectivity index (χ4v) is 2.32. The van der Waals surface area contributed by atoms with Crippen molar-refractivity contribution in [1.29, 1.82) is 0 Å². The summed E-state index contributed by atoms with van der Waals surface area (Å²) in [6, 6.07) is 4.63. The lowest BCUT2D eigenvalue weighted by Gasteiger charge is -2.30. The molecule has 1 aromatic carbocycles. The molecule has 0 atom stereocenters. The molecule has 0 radical (unpaired) electrons. The highest BCUT2D eigenvalue weighted by atomic mass is 79.9. The van der Waals surface area contributed by atoms with Gasteiger partial charge in [-0.2, -0.15) is 0 Å². The summed E-state index contributed by atoms with van der Waals surface area (Å²) in [6.45, 7) is 6.60. The van der Waals surface area contributed by atoms with Crippen LogP contribution in [0.2, 0.25) is 0 Å². The number of halogens is 1. The third kappa shape index (κ3) is 3.96. The lowest BCUT2D eigenvalue weighted by atomic mass is 10.1. The molecule has 0 amide bonds. The third-order valence-corrected chi connectivity index (χ3v) is 3.08. The molecule has 0 heterocycles. The Bertz CT molecular complexity index is 443. The van der Waals surface area contributed by atoms with Crippen LogP contribution in [-0.2, 0) is 0 Å². The van der Waals surface area contributed by atoms with Crippen molar-refractivity contribution in [3.63, 3.8) is 0 Å².